The monoisotopic (exact) mass is 440 g/mol. The Labute approximate surface area is 193 Å². The molecule has 2 unspecified atom stereocenters. The third-order valence-electron chi connectivity index (χ3n) is 6.12. The van der Waals surface area contributed by atoms with Crippen LogP contribution in [-0.2, 0) is 19.1 Å². The molecule has 31 heavy (non-hydrogen) atoms. The van der Waals surface area contributed by atoms with E-state index in [1.165, 1.54) is 32.1 Å². The van der Waals surface area contributed by atoms with Crippen LogP contribution in [0.25, 0.3) is 0 Å². The zero-order chi connectivity index (χ0) is 23.5. The van der Waals surface area contributed by atoms with Crippen molar-refractivity contribution in [1.82, 2.24) is 0 Å². The molecular formula is C27H52O4. The Morgan fingerprint density at radius 1 is 0.581 bits per heavy atom. The minimum atomic E-state index is -0.0367. The molecule has 0 rings (SSSR count). The fourth-order valence-electron chi connectivity index (χ4n) is 3.65. The van der Waals surface area contributed by atoms with Gasteiger partial charge in [0.25, 0.3) is 0 Å². The molecule has 0 aliphatic heterocycles. The summed E-state index contributed by atoms with van der Waals surface area (Å²) in [5.74, 6) is 1.63. The summed E-state index contributed by atoms with van der Waals surface area (Å²) in [6.45, 7) is 14.1. The summed E-state index contributed by atoms with van der Waals surface area (Å²) >= 11 is 0. The van der Waals surface area contributed by atoms with Crippen LogP contribution in [0.4, 0.5) is 0 Å². The molecule has 0 N–H and O–H groups in total. The lowest BCUT2D eigenvalue weighted by Crippen LogP contribution is -2.22. The molecule has 0 saturated heterocycles. The molecule has 0 saturated carbocycles. The largest absolute Gasteiger partial charge is 0.466 e. The van der Waals surface area contributed by atoms with Crippen molar-refractivity contribution in [1.29, 1.82) is 0 Å². The zero-order valence-electron chi connectivity index (χ0n) is 21.5. The first kappa shape index (κ1) is 29.9. The minimum absolute atomic E-state index is 0.0100. The van der Waals surface area contributed by atoms with E-state index in [0.29, 0.717) is 37.4 Å². The van der Waals surface area contributed by atoms with Crippen molar-refractivity contribution in [2.45, 2.75) is 125 Å². The van der Waals surface area contributed by atoms with Crippen LogP contribution in [0.15, 0.2) is 0 Å². The molecule has 0 spiro atoms. The van der Waals surface area contributed by atoms with Crippen LogP contribution in [-0.4, -0.2) is 25.2 Å². The molecule has 0 bridgehead atoms. The van der Waals surface area contributed by atoms with Gasteiger partial charge < -0.3 is 9.47 Å². The first-order valence-electron chi connectivity index (χ1n) is 13.1. The molecule has 4 nitrogen and oxygen atoms in total. The highest BCUT2D eigenvalue weighted by Crippen LogP contribution is 2.21. The fraction of sp³-hybridized carbons (Fsp3) is 0.926. The standard InChI is InChI=1S/C27H52O4/c1-22(2)16-14-20-30-26(28)19-13-11-9-7-8-10-12-18-24(5)25(6)27(29)31-21-15-17-23(3)4/h22-25H,7-21H2,1-6H3. The van der Waals surface area contributed by atoms with Crippen LogP contribution in [0.5, 0.6) is 0 Å². The van der Waals surface area contributed by atoms with Gasteiger partial charge in [-0.3, -0.25) is 9.59 Å². The van der Waals surface area contributed by atoms with Gasteiger partial charge in [-0.15, -0.1) is 0 Å². The normalized spacial score (nSPS) is 13.4. The van der Waals surface area contributed by atoms with E-state index in [2.05, 4.69) is 34.6 Å². The molecular weight excluding hydrogens is 388 g/mol. The number of rotatable bonds is 20. The fourth-order valence-corrected chi connectivity index (χ4v) is 3.65. The molecule has 0 heterocycles. The van der Waals surface area contributed by atoms with Crippen LogP contribution in [0.1, 0.15) is 125 Å². The molecule has 0 aromatic carbocycles. The summed E-state index contributed by atoms with van der Waals surface area (Å²) in [6, 6.07) is 0. The Balaban J connectivity index is 3.54. The van der Waals surface area contributed by atoms with Crippen molar-refractivity contribution in [3.63, 3.8) is 0 Å². The second-order valence-corrected chi connectivity index (χ2v) is 10.2. The Morgan fingerprint density at radius 2 is 1.06 bits per heavy atom. The third-order valence-corrected chi connectivity index (χ3v) is 6.12. The van der Waals surface area contributed by atoms with Crippen LogP contribution >= 0.6 is 0 Å². The van der Waals surface area contributed by atoms with E-state index in [9.17, 15) is 9.59 Å². The highest BCUT2D eigenvalue weighted by molar-refractivity contribution is 5.72. The molecule has 0 aliphatic carbocycles. The Morgan fingerprint density at radius 3 is 1.61 bits per heavy atom. The lowest BCUT2D eigenvalue weighted by atomic mass is 9.90. The number of carbonyl (C=O) groups excluding carboxylic acids is 2. The lowest BCUT2D eigenvalue weighted by molar-refractivity contribution is -0.150. The van der Waals surface area contributed by atoms with Gasteiger partial charge in [0.2, 0.25) is 0 Å². The number of hydrogen-bond donors (Lipinski definition) is 0. The summed E-state index contributed by atoms with van der Waals surface area (Å²) in [5.41, 5.74) is 0. The number of carbonyl (C=O) groups is 2. The maximum absolute atomic E-state index is 12.2. The molecule has 0 radical (unpaired) electrons. The van der Waals surface area contributed by atoms with Crippen molar-refractivity contribution < 1.29 is 19.1 Å². The second-order valence-electron chi connectivity index (χ2n) is 10.2. The van der Waals surface area contributed by atoms with Crippen LogP contribution in [0.3, 0.4) is 0 Å². The van der Waals surface area contributed by atoms with Crippen molar-refractivity contribution in [3.05, 3.63) is 0 Å². The first-order valence-corrected chi connectivity index (χ1v) is 13.1. The average molecular weight is 441 g/mol. The lowest BCUT2D eigenvalue weighted by Gasteiger charge is -2.18. The van der Waals surface area contributed by atoms with E-state index in [1.54, 1.807) is 0 Å². The smallest absolute Gasteiger partial charge is 0.308 e. The number of unbranched alkanes of at least 4 members (excludes halogenated alkanes) is 6. The van der Waals surface area contributed by atoms with Gasteiger partial charge in [-0.05, 0) is 56.3 Å². The predicted octanol–water partition coefficient (Wildman–Crippen LogP) is 7.73. The van der Waals surface area contributed by atoms with E-state index in [1.807, 2.05) is 6.92 Å². The predicted molar refractivity (Wildman–Crippen MR) is 130 cm³/mol. The molecule has 4 heteroatoms. The van der Waals surface area contributed by atoms with Gasteiger partial charge >= 0.3 is 11.9 Å². The quantitative estimate of drug-likeness (QED) is 0.143. The van der Waals surface area contributed by atoms with E-state index < -0.39 is 0 Å². The topological polar surface area (TPSA) is 52.6 Å². The van der Waals surface area contributed by atoms with Crippen LogP contribution in [0.2, 0.25) is 0 Å². The molecule has 0 aromatic heterocycles. The Hall–Kier alpha value is -1.06. The minimum Gasteiger partial charge on any atom is -0.466 e. The van der Waals surface area contributed by atoms with Gasteiger partial charge in [0.1, 0.15) is 0 Å². The van der Waals surface area contributed by atoms with Crippen LogP contribution < -0.4 is 0 Å². The second kappa shape index (κ2) is 19.6. The average Bonchev–Trinajstić information content (AvgIpc) is 2.71. The van der Waals surface area contributed by atoms with E-state index in [4.69, 9.17) is 9.47 Å². The van der Waals surface area contributed by atoms with Gasteiger partial charge in [0, 0.05) is 6.42 Å². The summed E-state index contributed by atoms with van der Waals surface area (Å²) in [4.78, 5) is 23.8. The maximum Gasteiger partial charge on any atom is 0.308 e. The van der Waals surface area contributed by atoms with Gasteiger partial charge in [-0.1, -0.05) is 80.1 Å². The number of hydrogen-bond acceptors (Lipinski definition) is 4. The van der Waals surface area contributed by atoms with Crippen molar-refractivity contribution >= 4 is 11.9 Å². The summed E-state index contributed by atoms with van der Waals surface area (Å²) in [5, 5.41) is 0. The van der Waals surface area contributed by atoms with Gasteiger partial charge in [-0.2, -0.15) is 0 Å². The summed E-state index contributed by atoms with van der Waals surface area (Å²) < 4.78 is 10.7. The number of esters is 2. The zero-order valence-corrected chi connectivity index (χ0v) is 21.5. The number of ether oxygens (including phenoxy) is 2. The summed E-state index contributed by atoms with van der Waals surface area (Å²) in [6.07, 6.45) is 13.9. The van der Waals surface area contributed by atoms with Gasteiger partial charge in [0.05, 0.1) is 19.1 Å². The summed E-state index contributed by atoms with van der Waals surface area (Å²) in [7, 11) is 0. The Kier molecular flexibility index (Phi) is 18.9. The highest BCUT2D eigenvalue weighted by atomic mass is 16.5. The SMILES string of the molecule is CC(C)CCCOC(=O)CCCCCCCCCC(C)C(C)C(=O)OCCCC(C)C. The van der Waals surface area contributed by atoms with E-state index in [0.717, 1.165) is 44.9 Å². The highest BCUT2D eigenvalue weighted by Gasteiger charge is 2.21. The van der Waals surface area contributed by atoms with E-state index >= 15 is 0 Å². The molecule has 2 atom stereocenters. The Bertz CT molecular complexity index is 445. The van der Waals surface area contributed by atoms with Gasteiger partial charge in [0.15, 0.2) is 0 Å². The van der Waals surface area contributed by atoms with Gasteiger partial charge in [-0.25, -0.2) is 0 Å². The maximum atomic E-state index is 12.2. The van der Waals surface area contributed by atoms with E-state index in [-0.39, 0.29) is 17.9 Å². The van der Waals surface area contributed by atoms with Crippen molar-refractivity contribution in [3.8, 4) is 0 Å². The molecule has 0 aromatic rings. The van der Waals surface area contributed by atoms with Crippen molar-refractivity contribution in [2.24, 2.45) is 23.7 Å². The molecule has 0 aliphatic rings. The molecule has 184 valence electrons. The molecule has 0 amide bonds. The first-order chi connectivity index (χ1) is 14.7. The van der Waals surface area contributed by atoms with Crippen LogP contribution in [0, 0.1) is 23.7 Å². The van der Waals surface area contributed by atoms with Crippen molar-refractivity contribution in [2.75, 3.05) is 13.2 Å². The third kappa shape index (κ3) is 19.4. The molecule has 0 fully saturated rings.